The van der Waals surface area contributed by atoms with Gasteiger partial charge in [0.15, 0.2) is 0 Å². The number of carbonyl (C=O) groups is 3. The Bertz CT molecular complexity index is 1760. The molecule has 1 aliphatic carbocycles. The van der Waals surface area contributed by atoms with Gasteiger partial charge in [0.2, 0.25) is 11.8 Å². The van der Waals surface area contributed by atoms with Crippen LogP contribution in [-0.2, 0) is 9.59 Å². The van der Waals surface area contributed by atoms with Gasteiger partial charge in [0.25, 0.3) is 5.91 Å². The fourth-order valence-electron chi connectivity index (χ4n) is 5.58. The summed E-state index contributed by atoms with van der Waals surface area (Å²) in [6, 6.07) is 8.92. The van der Waals surface area contributed by atoms with Gasteiger partial charge in [0.1, 0.15) is 15.4 Å². The van der Waals surface area contributed by atoms with Gasteiger partial charge in [-0.05, 0) is 61.2 Å². The predicted octanol–water partition coefficient (Wildman–Crippen LogP) is 5.94. The number of nitrogens with zero attached hydrogens (tertiary/aromatic N) is 3. The predicted molar refractivity (Wildman–Crippen MR) is 170 cm³/mol. The molecular formula is C31H27ClFIN4O5. The quantitative estimate of drug-likeness (QED) is 0.0694. The standard InChI is InChI=1S/C31H27ClFIN4O5/c1-3-23(39)37-16-31(12-13-31)38(15-22(37)34)30(43)27(28(35)26-19(32)7-5-8-20(26)33)29(42)36-14-17(2)25-18(10-11-24(40)41)6-4-9-21(25)36/h3-11,14,22,35,43H,1,12-13,15-16H2,2H3,(H,40,41)/b11-10+,30-27+,35-28?. The third kappa shape index (κ3) is 5.47. The Labute approximate surface area is 265 Å². The van der Waals surface area contributed by atoms with Gasteiger partial charge in [-0.15, -0.1) is 0 Å². The van der Waals surface area contributed by atoms with Crippen LogP contribution in [0.1, 0.15) is 34.3 Å². The van der Waals surface area contributed by atoms with E-state index in [0.29, 0.717) is 34.9 Å². The van der Waals surface area contributed by atoms with Crippen LogP contribution in [0.15, 0.2) is 72.8 Å². The zero-order chi connectivity index (χ0) is 31.2. The molecule has 5 rings (SSSR count). The highest BCUT2D eigenvalue weighted by atomic mass is 127. The maximum absolute atomic E-state index is 15.1. The zero-order valence-corrected chi connectivity index (χ0v) is 25.9. The van der Waals surface area contributed by atoms with E-state index in [1.165, 1.54) is 35.0 Å². The number of hydrogen-bond acceptors (Lipinski definition) is 6. The average Bonchev–Trinajstić information content (AvgIpc) is 3.65. The van der Waals surface area contributed by atoms with Gasteiger partial charge in [0, 0.05) is 24.2 Å². The molecule has 2 heterocycles. The Kier molecular flexibility index (Phi) is 8.23. The minimum atomic E-state index is -1.13. The summed E-state index contributed by atoms with van der Waals surface area (Å²) < 4.78 is 16.0. The monoisotopic (exact) mass is 716 g/mol. The summed E-state index contributed by atoms with van der Waals surface area (Å²) in [5.74, 6) is -3.53. The number of carboxylic acids is 1. The molecule has 2 aliphatic rings. The SMILES string of the molecule is C=CC(=O)N1CC2(CC2)N(/C(O)=C(/C(=N)c2c(F)cccc2Cl)C(=O)n2cc(C)c3c(/C=C/C(=O)O)cccc32)CC1I. The van der Waals surface area contributed by atoms with Crippen LogP contribution in [0.5, 0.6) is 0 Å². The molecule has 12 heteroatoms. The van der Waals surface area contributed by atoms with Crippen LogP contribution in [0.3, 0.4) is 0 Å². The van der Waals surface area contributed by atoms with Crippen molar-refractivity contribution in [1.82, 2.24) is 14.4 Å². The lowest BCUT2D eigenvalue weighted by Crippen LogP contribution is -2.59. The highest BCUT2D eigenvalue weighted by Crippen LogP contribution is 2.48. The van der Waals surface area contributed by atoms with Gasteiger partial charge in [0.05, 0.1) is 33.9 Å². The zero-order valence-electron chi connectivity index (χ0n) is 23.0. The number of aromatic nitrogens is 1. The van der Waals surface area contributed by atoms with E-state index in [1.807, 2.05) is 0 Å². The Morgan fingerprint density at radius 1 is 1.19 bits per heavy atom. The molecule has 3 N–H and O–H groups in total. The van der Waals surface area contributed by atoms with Crippen LogP contribution in [0.25, 0.3) is 17.0 Å². The van der Waals surface area contributed by atoms with Crippen molar-refractivity contribution in [3.05, 3.63) is 100 Å². The van der Waals surface area contributed by atoms with Crippen LogP contribution >= 0.6 is 34.2 Å². The van der Waals surface area contributed by atoms with Gasteiger partial charge in [-0.2, -0.15) is 0 Å². The van der Waals surface area contributed by atoms with Crippen molar-refractivity contribution in [3.8, 4) is 0 Å². The number of carbonyl (C=O) groups excluding carboxylic acids is 2. The number of aryl methyl sites for hydroxylation is 1. The minimum absolute atomic E-state index is 0.105. The van der Waals surface area contributed by atoms with Crippen molar-refractivity contribution in [1.29, 1.82) is 5.41 Å². The van der Waals surface area contributed by atoms with Crippen molar-refractivity contribution in [2.45, 2.75) is 29.4 Å². The first-order valence-corrected chi connectivity index (χ1v) is 14.9. The van der Waals surface area contributed by atoms with Crippen molar-refractivity contribution in [2.24, 2.45) is 0 Å². The van der Waals surface area contributed by atoms with Gasteiger partial charge in [-0.3, -0.25) is 19.6 Å². The van der Waals surface area contributed by atoms with Crippen LogP contribution in [-0.4, -0.2) is 70.8 Å². The molecule has 0 radical (unpaired) electrons. The summed E-state index contributed by atoms with van der Waals surface area (Å²) in [4.78, 5) is 41.4. The van der Waals surface area contributed by atoms with Crippen LogP contribution in [0.2, 0.25) is 5.02 Å². The molecule has 1 saturated carbocycles. The summed E-state index contributed by atoms with van der Waals surface area (Å²) in [7, 11) is 0. The van der Waals surface area contributed by atoms with Gasteiger partial charge >= 0.3 is 5.97 Å². The fourth-order valence-corrected chi connectivity index (χ4v) is 6.70. The first-order chi connectivity index (χ1) is 20.4. The smallest absolute Gasteiger partial charge is 0.328 e. The third-order valence-electron chi connectivity index (χ3n) is 7.83. The maximum Gasteiger partial charge on any atom is 0.328 e. The Hall–Kier alpha value is -3.97. The van der Waals surface area contributed by atoms with E-state index in [0.717, 1.165) is 12.1 Å². The summed E-state index contributed by atoms with van der Waals surface area (Å²) in [6.45, 7) is 5.76. The molecule has 1 atom stereocenters. The van der Waals surface area contributed by atoms with E-state index >= 15 is 4.39 Å². The molecule has 2 fully saturated rings. The van der Waals surface area contributed by atoms with E-state index in [4.69, 9.17) is 22.1 Å². The number of rotatable bonds is 7. The van der Waals surface area contributed by atoms with Gasteiger partial charge < -0.3 is 20.0 Å². The second-order valence-corrected chi connectivity index (χ2v) is 12.4. The molecule has 1 aliphatic heterocycles. The lowest BCUT2D eigenvalue weighted by Gasteiger charge is -2.45. The first-order valence-electron chi connectivity index (χ1n) is 13.3. The van der Waals surface area contributed by atoms with Crippen molar-refractivity contribution >= 4 is 74.7 Å². The molecule has 1 amide bonds. The number of fused-ring (bicyclic) bond motifs is 1. The number of aliphatic carboxylic acids is 1. The van der Waals surface area contributed by atoms with Gasteiger partial charge in [-0.25, -0.2) is 9.18 Å². The Morgan fingerprint density at radius 2 is 1.88 bits per heavy atom. The largest absolute Gasteiger partial charge is 0.494 e. The van der Waals surface area contributed by atoms with E-state index in [-0.39, 0.29) is 29.6 Å². The minimum Gasteiger partial charge on any atom is -0.494 e. The molecule has 1 unspecified atom stereocenters. The number of benzene rings is 2. The maximum atomic E-state index is 15.1. The molecule has 43 heavy (non-hydrogen) atoms. The molecule has 2 aromatic carbocycles. The summed E-state index contributed by atoms with van der Waals surface area (Å²) in [5, 5.41) is 30.6. The van der Waals surface area contributed by atoms with Crippen molar-refractivity contribution in [2.75, 3.05) is 13.1 Å². The molecule has 1 saturated heterocycles. The summed E-state index contributed by atoms with van der Waals surface area (Å²) >= 11 is 8.41. The lowest BCUT2D eigenvalue weighted by atomic mass is 9.99. The molecular weight excluding hydrogens is 690 g/mol. The topological polar surface area (TPSA) is 127 Å². The number of alkyl halides is 1. The van der Waals surface area contributed by atoms with Crippen LogP contribution in [0.4, 0.5) is 4.39 Å². The normalized spacial score (nSPS) is 18.2. The summed E-state index contributed by atoms with van der Waals surface area (Å²) in [5.41, 5.74) is -0.468. The highest BCUT2D eigenvalue weighted by molar-refractivity contribution is 14.1. The number of amides is 1. The number of piperazine rings is 1. The number of aliphatic hydroxyl groups is 1. The average molecular weight is 717 g/mol. The number of aliphatic hydroxyl groups excluding tert-OH is 1. The van der Waals surface area contributed by atoms with Crippen LogP contribution < -0.4 is 0 Å². The fraction of sp³-hybridized carbons (Fsp3) is 0.226. The van der Waals surface area contributed by atoms with E-state index < -0.39 is 44.4 Å². The van der Waals surface area contributed by atoms with Crippen LogP contribution in [0, 0.1) is 18.2 Å². The number of carboxylic acid groups (broad SMARTS) is 1. The molecule has 1 aromatic heterocycles. The molecule has 3 aromatic rings. The molecule has 1 spiro atoms. The van der Waals surface area contributed by atoms with E-state index in [9.17, 15) is 19.5 Å². The second kappa shape index (κ2) is 11.6. The van der Waals surface area contributed by atoms with Gasteiger partial charge in [-0.1, -0.05) is 59.0 Å². The highest BCUT2D eigenvalue weighted by Gasteiger charge is 2.55. The Morgan fingerprint density at radius 3 is 2.51 bits per heavy atom. The Balaban J connectivity index is 1.69. The molecule has 222 valence electrons. The molecule has 0 bridgehead atoms. The second-order valence-electron chi connectivity index (χ2n) is 10.5. The first kappa shape index (κ1) is 30.5. The molecule has 9 nitrogen and oxygen atoms in total. The van der Waals surface area contributed by atoms with E-state index in [1.54, 1.807) is 34.9 Å². The third-order valence-corrected chi connectivity index (χ3v) is 9.21. The number of hydrogen-bond donors (Lipinski definition) is 3. The van der Waals surface area contributed by atoms with Crippen molar-refractivity contribution < 1.29 is 29.0 Å². The van der Waals surface area contributed by atoms with Crippen molar-refractivity contribution in [3.63, 3.8) is 0 Å². The number of nitrogens with one attached hydrogen (secondary N) is 1. The number of allylic oxidation sites excluding steroid dienone is 1. The van der Waals surface area contributed by atoms with E-state index in [2.05, 4.69) is 29.2 Å². The number of halogens is 3. The summed E-state index contributed by atoms with van der Waals surface area (Å²) in [6.07, 6.45) is 6.43. The lowest BCUT2D eigenvalue weighted by molar-refractivity contribution is -0.131.